The summed E-state index contributed by atoms with van der Waals surface area (Å²) < 4.78 is 0. The predicted molar refractivity (Wildman–Crippen MR) is 90.6 cm³/mol. The van der Waals surface area contributed by atoms with E-state index in [-0.39, 0.29) is 11.9 Å². The van der Waals surface area contributed by atoms with Crippen LogP contribution in [0.15, 0.2) is 30.5 Å². The van der Waals surface area contributed by atoms with Gasteiger partial charge >= 0.3 is 0 Å². The molecule has 116 valence electrons. The van der Waals surface area contributed by atoms with Crippen LogP contribution < -0.4 is 10.6 Å². The van der Waals surface area contributed by atoms with Crippen LogP contribution in [-0.4, -0.2) is 23.5 Å². The Hall–Kier alpha value is -1.43. The first-order valence-electron chi connectivity index (χ1n) is 7.45. The molecule has 2 heterocycles. The third-order valence-electron chi connectivity index (χ3n) is 3.73. The van der Waals surface area contributed by atoms with Crippen molar-refractivity contribution in [2.45, 2.75) is 31.7 Å². The molecule has 1 aliphatic rings. The Kier molecular flexibility index (Phi) is 5.08. The van der Waals surface area contributed by atoms with Crippen LogP contribution in [0, 0.1) is 0 Å². The standard InChI is InChI=1S/C16H18ClN3OS/c17-13-6-2-1-5-11(13)9-12-10-19-16(22-12)20-15(21)14-7-3-4-8-18-14/h1-2,5-6,10,14,18H,3-4,7-9H2,(H,19,20,21). The highest BCUT2D eigenvalue weighted by molar-refractivity contribution is 7.15. The molecule has 0 spiro atoms. The maximum atomic E-state index is 12.2. The number of hydrogen-bond acceptors (Lipinski definition) is 4. The summed E-state index contributed by atoms with van der Waals surface area (Å²) in [7, 11) is 0. The van der Waals surface area contributed by atoms with E-state index in [0.29, 0.717) is 5.13 Å². The Labute approximate surface area is 138 Å². The molecule has 3 rings (SSSR count). The number of rotatable bonds is 4. The number of benzene rings is 1. The van der Waals surface area contributed by atoms with Gasteiger partial charge in [-0.15, -0.1) is 11.3 Å². The van der Waals surface area contributed by atoms with Gasteiger partial charge in [0.25, 0.3) is 0 Å². The number of aromatic nitrogens is 1. The van der Waals surface area contributed by atoms with Gasteiger partial charge in [0.2, 0.25) is 5.91 Å². The maximum absolute atomic E-state index is 12.2. The van der Waals surface area contributed by atoms with Crippen LogP contribution in [0.4, 0.5) is 5.13 Å². The zero-order valence-corrected chi connectivity index (χ0v) is 13.7. The van der Waals surface area contributed by atoms with Gasteiger partial charge in [0, 0.05) is 22.5 Å². The molecule has 1 aliphatic heterocycles. The lowest BCUT2D eigenvalue weighted by Crippen LogP contribution is -2.43. The molecule has 1 fully saturated rings. The van der Waals surface area contributed by atoms with E-state index in [1.807, 2.05) is 24.3 Å². The van der Waals surface area contributed by atoms with Gasteiger partial charge in [-0.2, -0.15) is 0 Å². The third kappa shape index (κ3) is 3.85. The lowest BCUT2D eigenvalue weighted by molar-refractivity contribution is -0.118. The van der Waals surface area contributed by atoms with Crippen LogP contribution in [0.25, 0.3) is 0 Å². The highest BCUT2D eigenvalue weighted by Crippen LogP contribution is 2.25. The second kappa shape index (κ2) is 7.22. The Morgan fingerprint density at radius 3 is 3.05 bits per heavy atom. The second-order valence-corrected chi connectivity index (χ2v) is 6.91. The molecule has 2 N–H and O–H groups in total. The topological polar surface area (TPSA) is 54.0 Å². The van der Waals surface area contributed by atoms with Crippen molar-refractivity contribution in [2.24, 2.45) is 0 Å². The Bertz CT molecular complexity index is 652. The number of piperidine rings is 1. The molecule has 22 heavy (non-hydrogen) atoms. The minimum Gasteiger partial charge on any atom is -0.306 e. The molecule has 0 bridgehead atoms. The van der Waals surface area contributed by atoms with E-state index in [9.17, 15) is 4.79 Å². The normalized spacial score (nSPS) is 18.1. The number of thiazole rings is 1. The largest absolute Gasteiger partial charge is 0.306 e. The minimum absolute atomic E-state index is 0.0124. The van der Waals surface area contributed by atoms with Crippen LogP contribution in [0.1, 0.15) is 29.7 Å². The molecule has 2 aromatic rings. The maximum Gasteiger partial charge on any atom is 0.243 e. The highest BCUT2D eigenvalue weighted by Gasteiger charge is 2.21. The number of hydrogen-bond donors (Lipinski definition) is 2. The van der Waals surface area contributed by atoms with Crippen molar-refractivity contribution in [1.82, 2.24) is 10.3 Å². The summed E-state index contributed by atoms with van der Waals surface area (Å²) in [4.78, 5) is 17.5. The molecule has 4 nitrogen and oxygen atoms in total. The van der Waals surface area contributed by atoms with Gasteiger partial charge in [-0.3, -0.25) is 4.79 Å². The number of nitrogens with one attached hydrogen (secondary N) is 2. The molecule has 0 aliphatic carbocycles. The van der Waals surface area contributed by atoms with Gasteiger partial charge in [-0.05, 0) is 31.0 Å². The number of anilines is 1. The van der Waals surface area contributed by atoms with E-state index in [1.165, 1.54) is 11.3 Å². The molecular formula is C16H18ClN3OS. The zero-order chi connectivity index (χ0) is 15.4. The Balaban J connectivity index is 1.61. The first-order chi connectivity index (χ1) is 10.7. The van der Waals surface area contributed by atoms with Crippen molar-refractivity contribution < 1.29 is 4.79 Å². The number of carbonyl (C=O) groups is 1. The molecule has 1 amide bonds. The highest BCUT2D eigenvalue weighted by atomic mass is 35.5. The van der Waals surface area contributed by atoms with Crippen molar-refractivity contribution >= 4 is 34.0 Å². The Morgan fingerprint density at radius 2 is 2.27 bits per heavy atom. The van der Waals surface area contributed by atoms with Crippen molar-refractivity contribution in [3.8, 4) is 0 Å². The average Bonchev–Trinajstić information content (AvgIpc) is 2.97. The first-order valence-corrected chi connectivity index (χ1v) is 8.64. The average molecular weight is 336 g/mol. The Morgan fingerprint density at radius 1 is 1.41 bits per heavy atom. The lowest BCUT2D eigenvalue weighted by atomic mass is 10.0. The summed E-state index contributed by atoms with van der Waals surface area (Å²) in [6.45, 7) is 0.910. The quantitative estimate of drug-likeness (QED) is 0.899. The fourth-order valence-electron chi connectivity index (χ4n) is 2.54. The number of amides is 1. The van der Waals surface area contributed by atoms with Crippen LogP contribution in [0.2, 0.25) is 5.02 Å². The molecule has 1 aromatic carbocycles. The smallest absolute Gasteiger partial charge is 0.243 e. The second-order valence-electron chi connectivity index (χ2n) is 5.39. The van der Waals surface area contributed by atoms with E-state index in [4.69, 9.17) is 11.6 Å². The molecule has 6 heteroatoms. The van der Waals surface area contributed by atoms with Gasteiger partial charge in [0.15, 0.2) is 5.13 Å². The van der Waals surface area contributed by atoms with Crippen LogP contribution in [0.3, 0.4) is 0 Å². The van der Waals surface area contributed by atoms with Gasteiger partial charge in [0.1, 0.15) is 0 Å². The molecule has 0 saturated carbocycles. The molecule has 1 aromatic heterocycles. The van der Waals surface area contributed by atoms with Crippen molar-refractivity contribution in [3.63, 3.8) is 0 Å². The van der Waals surface area contributed by atoms with E-state index in [1.54, 1.807) is 6.20 Å². The lowest BCUT2D eigenvalue weighted by Gasteiger charge is -2.21. The van der Waals surface area contributed by atoms with Gasteiger partial charge in [-0.1, -0.05) is 36.2 Å². The number of nitrogens with zero attached hydrogens (tertiary/aromatic N) is 1. The van der Waals surface area contributed by atoms with Crippen molar-refractivity contribution in [1.29, 1.82) is 0 Å². The summed E-state index contributed by atoms with van der Waals surface area (Å²) in [6.07, 6.45) is 5.67. The fraction of sp³-hybridized carbons (Fsp3) is 0.375. The molecule has 1 unspecified atom stereocenters. The van der Waals surface area contributed by atoms with Gasteiger partial charge < -0.3 is 10.6 Å². The minimum atomic E-state index is -0.0929. The predicted octanol–water partition coefficient (Wildman–Crippen LogP) is 3.47. The molecule has 1 saturated heterocycles. The summed E-state index contributed by atoms with van der Waals surface area (Å²) in [5, 5.41) is 7.56. The number of carbonyl (C=O) groups excluding carboxylic acids is 1. The van der Waals surface area contributed by atoms with Crippen molar-refractivity contribution in [2.75, 3.05) is 11.9 Å². The van der Waals surface area contributed by atoms with E-state index in [0.717, 1.165) is 47.7 Å². The first kappa shape index (κ1) is 15.5. The SMILES string of the molecule is O=C(Nc1ncc(Cc2ccccc2Cl)s1)C1CCCCN1. The van der Waals surface area contributed by atoms with Gasteiger partial charge in [-0.25, -0.2) is 4.98 Å². The summed E-state index contributed by atoms with van der Waals surface area (Å²) in [6, 6.07) is 7.69. The monoisotopic (exact) mass is 335 g/mol. The third-order valence-corrected chi connectivity index (χ3v) is 5.01. The van der Waals surface area contributed by atoms with E-state index < -0.39 is 0 Å². The molecular weight excluding hydrogens is 318 g/mol. The number of halogens is 1. The van der Waals surface area contributed by atoms with Crippen LogP contribution >= 0.6 is 22.9 Å². The van der Waals surface area contributed by atoms with E-state index >= 15 is 0 Å². The molecule has 1 atom stereocenters. The zero-order valence-electron chi connectivity index (χ0n) is 12.1. The van der Waals surface area contributed by atoms with Gasteiger partial charge in [0.05, 0.1) is 6.04 Å². The fourth-order valence-corrected chi connectivity index (χ4v) is 3.59. The van der Waals surface area contributed by atoms with Crippen molar-refractivity contribution in [3.05, 3.63) is 45.9 Å². The summed E-state index contributed by atoms with van der Waals surface area (Å²) in [5.41, 5.74) is 1.07. The van der Waals surface area contributed by atoms with E-state index in [2.05, 4.69) is 15.6 Å². The molecule has 0 radical (unpaired) electrons. The summed E-state index contributed by atoms with van der Waals surface area (Å²) >= 11 is 7.67. The van der Waals surface area contributed by atoms with Crippen LogP contribution in [-0.2, 0) is 11.2 Å². The van der Waals surface area contributed by atoms with Crippen LogP contribution in [0.5, 0.6) is 0 Å². The summed E-state index contributed by atoms with van der Waals surface area (Å²) in [5.74, 6) is 0.0124.